The molecule has 108 valence electrons. The van der Waals surface area contributed by atoms with Gasteiger partial charge in [-0.25, -0.2) is 9.18 Å². The lowest BCUT2D eigenvalue weighted by Crippen LogP contribution is -2.47. The fourth-order valence-corrected chi connectivity index (χ4v) is 1.88. The van der Waals surface area contributed by atoms with E-state index in [0.29, 0.717) is 0 Å². The molecule has 0 aromatic heterocycles. The van der Waals surface area contributed by atoms with E-state index in [1.807, 2.05) is 0 Å². The van der Waals surface area contributed by atoms with Crippen LogP contribution in [-0.4, -0.2) is 29.1 Å². The number of benzene rings is 1. The third kappa shape index (κ3) is 3.69. The van der Waals surface area contributed by atoms with Crippen LogP contribution in [0, 0.1) is 11.7 Å². The molecule has 6 heteroatoms. The maximum atomic E-state index is 13.0. The van der Waals surface area contributed by atoms with Gasteiger partial charge in [-0.1, -0.05) is 6.07 Å². The molecule has 2 atom stereocenters. The van der Waals surface area contributed by atoms with Crippen molar-refractivity contribution in [1.29, 1.82) is 0 Å². The molecule has 0 radical (unpaired) electrons. The average molecular weight is 281 g/mol. The maximum Gasteiger partial charge on any atom is 0.326 e. The topological polar surface area (TPSA) is 75.6 Å². The highest BCUT2D eigenvalue weighted by Gasteiger charge is 2.38. The number of hydrogen-bond acceptors (Lipinski definition) is 3. The number of ether oxygens (including phenoxy) is 1. The van der Waals surface area contributed by atoms with E-state index in [4.69, 9.17) is 9.84 Å². The summed E-state index contributed by atoms with van der Waals surface area (Å²) in [5, 5.41) is 11.5. The van der Waals surface area contributed by atoms with Crippen LogP contribution >= 0.6 is 0 Å². The van der Waals surface area contributed by atoms with Crippen molar-refractivity contribution >= 4 is 11.9 Å². The molecule has 0 heterocycles. The summed E-state index contributed by atoms with van der Waals surface area (Å²) in [5.74, 6) is -1.80. The highest BCUT2D eigenvalue weighted by molar-refractivity contribution is 5.86. The molecule has 1 aromatic carbocycles. The quantitative estimate of drug-likeness (QED) is 0.830. The fraction of sp³-hybridized carbons (Fsp3) is 0.429. The largest absolute Gasteiger partial charge is 0.481 e. The Labute approximate surface area is 115 Å². The van der Waals surface area contributed by atoms with Gasteiger partial charge in [0.2, 0.25) is 0 Å². The van der Waals surface area contributed by atoms with Crippen molar-refractivity contribution in [2.75, 3.05) is 0 Å². The molecule has 0 saturated heterocycles. The summed E-state index contributed by atoms with van der Waals surface area (Å²) in [6.07, 6.45) is 0.713. The van der Waals surface area contributed by atoms with Crippen molar-refractivity contribution in [3.8, 4) is 5.75 Å². The van der Waals surface area contributed by atoms with Crippen molar-refractivity contribution < 1.29 is 23.8 Å². The van der Waals surface area contributed by atoms with Crippen LogP contribution in [0.15, 0.2) is 24.3 Å². The number of rotatable bonds is 6. The van der Waals surface area contributed by atoms with Gasteiger partial charge >= 0.3 is 5.97 Å². The summed E-state index contributed by atoms with van der Waals surface area (Å²) in [4.78, 5) is 22.9. The molecule has 0 bridgehead atoms. The van der Waals surface area contributed by atoms with Gasteiger partial charge in [-0.3, -0.25) is 4.79 Å². The van der Waals surface area contributed by atoms with Crippen LogP contribution in [0.4, 0.5) is 4.39 Å². The second kappa shape index (κ2) is 5.90. The summed E-state index contributed by atoms with van der Waals surface area (Å²) in [5.41, 5.74) is 0. The van der Waals surface area contributed by atoms with E-state index in [0.717, 1.165) is 12.8 Å². The van der Waals surface area contributed by atoms with E-state index in [-0.39, 0.29) is 11.7 Å². The Balaban J connectivity index is 1.92. The minimum Gasteiger partial charge on any atom is -0.481 e. The first kappa shape index (κ1) is 14.3. The third-order valence-electron chi connectivity index (χ3n) is 3.14. The molecular weight excluding hydrogens is 265 g/mol. The highest BCUT2D eigenvalue weighted by atomic mass is 19.1. The van der Waals surface area contributed by atoms with Crippen LogP contribution in [0.3, 0.4) is 0 Å². The number of carbonyl (C=O) groups excluding carboxylic acids is 1. The number of nitrogens with one attached hydrogen (secondary N) is 1. The Hall–Kier alpha value is -2.11. The zero-order valence-electron chi connectivity index (χ0n) is 11.0. The number of halogens is 1. The van der Waals surface area contributed by atoms with Gasteiger partial charge < -0.3 is 15.2 Å². The van der Waals surface area contributed by atoms with E-state index in [1.54, 1.807) is 0 Å². The normalized spacial score (nSPS) is 17.1. The Morgan fingerprint density at radius 3 is 2.70 bits per heavy atom. The summed E-state index contributed by atoms with van der Waals surface area (Å²) >= 11 is 0. The van der Waals surface area contributed by atoms with E-state index >= 15 is 0 Å². The van der Waals surface area contributed by atoms with Crippen molar-refractivity contribution in [3.05, 3.63) is 30.1 Å². The summed E-state index contributed by atoms with van der Waals surface area (Å²) in [7, 11) is 0. The molecule has 20 heavy (non-hydrogen) atoms. The van der Waals surface area contributed by atoms with Crippen LogP contribution in [0.1, 0.15) is 19.8 Å². The van der Waals surface area contributed by atoms with Crippen LogP contribution in [-0.2, 0) is 9.59 Å². The van der Waals surface area contributed by atoms with Gasteiger partial charge in [0, 0.05) is 6.07 Å². The monoisotopic (exact) mass is 281 g/mol. The number of carboxylic acids is 1. The summed E-state index contributed by atoms with van der Waals surface area (Å²) in [6, 6.07) is 4.56. The molecule has 1 saturated carbocycles. The minimum atomic E-state index is -1.04. The van der Waals surface area contributed by atoms with Crippen LogP contribution in [0.5, 0.6) is 5.75 Å². The predicted molar refractivity (Wildman–Crippen MR) is 68.8 cm³/mol. The molecule has 2 unspecified atom stereocenters. The molecule has 0 spiro atoms. The average Bonchev–Trinajstić information content (AvgIpc) is 3.19. The zero-order valence-corrected chi connectivity index (χ0v) is 11.0. The number of carboxylic acid groups (broad SMARTS) is 1. The highest BCUT2D eigenvalue weighted by Crippen LogP contribution is 2.32. The molecule has 2 rings (SSSR count). The molecule has 5 nitrogen and oxygen atoms in total. The standard InChI is InChI=1S/C14H16FNO4/c1-8(20-11-4-2-3-10(15)7-11)13(17)16-12(14(18)19)9-5-6-9/h2-4,7-9,12H,5-6H2,1H3,(H,16,17)(H,18,19). The van der Waals surface area contributed by atoms with Crippen LogP contribution in [0.2, 0.25) is 0 Å². The first-order valence-corrected chi connectivity index (χ1v) is 6.43. The number of hydrogen-bond donors (Lipinski definition) is 2. The molecule has 1 aliphatic rings. The molecule has 2 N–H and O–H groups in total. The molecule has 0 aliphatic heterocycles. The second-order valence-electron chi connectivity index (χ2n) is 4.88. The number of carbonyl (C=O) groups is 2. The van der Waals surface area contributed by atoms with Gasteiger partial charge in [-0.2, -0.15) is 0 Å². The molecule has 1 fully saturated rings. The fourth-order valence-electron chi connectivity index (χ4n) is 1.88. The Kier molecular flexibility index (Phi) is 4.22. The van der Waals surface area contributed by atoms with Crippen molar-refractivity contribution in [1.82, 2.24) is 5.32 Å². The van der Waals surface area contributed by atoms with Gasteiger partial charge in [0.1, 0.15) is 17.6 Å². The van der Waals surface area contributed by atoms with Gasteiger partial charge in [-0.15, -0.1) is 0 Å². The zero-order chi connectivity index (χ0) is 14.7. The lowest BCUT2D eigenvalue weighted by molar-refractivity contribution is -0.143. The Morgan fingerprint density at radius 1 is 1.45 bits per heavy atom. The Morgan fingerprint density at radius 2 is 2.15 bits per heavy atom. The van der Waals surface area contributed by atoms with E-state index in [1.165, 1.54) is 31.2 Å². The minimum absolute atomic E-state index is 0.00202. The summed E-state index contributed by atoms with van der Waals surface area (Å²) in [6.45, 7) is 1.49. The predicted octanol–water partition coefficient (Wildman–Crippen LogP) is 1.57. The van der Waals surface area contributed by atoms with Crippen LogP contribution in [0.25, 0.3) is 0 Å². The van der Waals surface area contributed by atoms with E-state index in [9.17, 15) is 14.0 Å². The van der Waals surface area contributed by atoms with Crippen molar-refractivity contribution in [2.24, 2.45) is 5.92 Å². The first-order chi connectivity index (χ1) is 9.47. The van der Waals surface area contributed by atoms with Gasteiger partial charge in [0.05, 0.1) is 0 Å². The smallest absolute Gasteiger partial charge is 0.326 e. The molecule has 1 aliphatic carbocycles. The molecular formula is C14H16FNO4. The second-order valence-corrected chi connectivity index (χ2v) is 4.88. The third-order valence-corrected chi connectivity index (χ3v) is 3.14. The lowest BCUT2D eigenvalue weighted by Gasteiger charge is -2.18. The van der Waals surface area contributed by atoms with Gasteiger partial charge in [-0.05, 0) is 37.8 Å². The molecule has 1 aromatic rings. The van der Waals surface area contributed by atoms with Gasteiger partial charge in [0.15, 0.2) is 6.10 Å². The van der Waals surface area contributed by atoms with Crippen molar-refractivity contribution in [2.45, 2.75) is 31.9 Å². The summed E-state index contributed by atoms with van der Waals surface area (Å²) < 4.78 is 18.3. The van der Waals surface area contributed by atoms with Gasteiger partial charge in [0.25, 0.3) is 5.91 Å². The maximum absolute atomic E-state index is 13.0. The SMILES string of the molecule is CC(Oc1cccc(F)c1)C(=O)NC(C(=O)O)C1CC1. The van der Waals surface area contributed by atoms with Crippen LogP contribution < -0.4 is 10.1 Å². The Bertz CT molecular complexity index is 516. The van der Waals surface area contributed by atoms with E-state index < -0.39 is 29.8 Å². The first-order valence-electron chi connectivity index (χ1n) is 6.43. The number of aliphatic carboxylic acids is 1. The number of amides is 1. The van der Waals surface area contributed by atoms with Crippen molar-refractivity contribution in [3.63, 3.8) is 0 Å². The van der Waals surface area contributed by atoms with E-state index in [2.05, 4.69) is 5.32 Å². The molecule has 1 amide bonds. The lowest BCUT2D eigenvalue weighted by atomic mass is 10.2.